The maximum absolute atomic E-state index is 14.9. The number of carbonyl (C=O) groups excluding carboxylic acids is 5. The number of unbranched alkanes of at least 4 members (excludes halogenated alkanes) is 1. The van der Waals surface area contributed by atoms with Gasteiger partial charge in [-0.3, -0.25) is 39.1 Å². The van der Waals surface area contributed by atoms with E-state index in [4.69, 9.17) is 9.72 Å². The van der Waals surface area contributed by atoms with Gasteiger partial charge in [0.2, 0.25) is 17.7 Å². The molecule has 0 aliphatic carbocycles. The van der Waals surface area contributed by atoms with Crippen LogP contribution in [0.15, 0.2) is 73.2 Å². The summed E-state index contributed by atoms with van der Waals surface area (Å²) in [6.45, 7) is 10.8. The molecule has 20 heteroatoms. The third-order valence-electron chi connectivity index (χ3n) is 15.3. The Bertz CT molecular complexity index is 2990. The van der Waals surface area contributed by atoms with Crippen LogP contribution in [0, 0.1) is 23.0 Å². The molecule has 5 aliphatic rings. The number of ether oxygens (including phenoxy) is 1. The van der Waals surface area contributed by atoms with E-state index in [1.807, 2.05) is 48.2 Å². The molecule has 10 rings (SSSR count). The number of hydrogen-bond donors (Lipinski definition) is 2. The van der Waals surface area contributed by atoms with Gasteiger partial charge < -0.3 is 29.7 Å². The Morgan fingerprint density at radius 2 is 1.66 bits per heavy atom. The molecule has 2 aromatic carbocycles. The summed E-state index contributed by atoms with van der Waals surface area (Å²) in [4.78, 5) is 82.1. The molecule has 2 N–H and O–H groups in total. The lowest BCUT2D eigenvalue weighted by Crippen LogP contribution is -2.62. The number of hydrogen-bond acceptors (Lipinski definition) is 13. The highest BCUT2D eigenvalue weighted by Crippen LogP contribution is 2.34. The van der Waals surface area contributed by atoms with E-state index in [2.05, 4.69) is 41.4 Å². The largest absolute Gasteiger partial charge is 0.492 e. The van der Waals surface area contributed by atoms with Crippen molar-refractivity contribution in [3.05, 3.63) is 107 Å². The minimum absolute atomic E-state index is 0.121. The number of piperidine rings is 2. The molecule has 386 valence electrons. The number of imide groups is 1. The predicted octanol–water partition coefficient (Wildman–Crippen LogP) is 4.61. The molecule has 5 aromatic rings. The van der Waals surface area contributed by atoms with Crippen LogP contribution < -0.4 is 25.2 Å². The van der Waals surface area contributed by atoms with E-state index >= 15 is 0 Å². The summed E-state index contributed by atoms with van der Waals surface area (Å²) in [7, 11) is 0. The van der Waals surface area contributed by atoms with Gasteiger partial charge >= 0.3 is 0 Å². The number of benzene rings is 2. The van der Waals surface area contributed by atoms with Gasteiger partial charge in [0, 0.05) is 120 Å². The number of piperazine rings is 2. The fourth-order valence-electron chi connectivity index (χ4n) is 11.2. The maximum atomic E-state index is 14.9. The topological polar surface area (TPSA) is 192 Å². The molecule has 0 spiro atoms. The van der Waals surface area contributed by atoms with Gasteiger partial charge in [-0.05, 0) is 99.7 Å². The molecular formula is C54H60F2N12O6. The van der Waals surface area contributed by atoms with Gasteiger partial charge in [0.25, 0.3) is 11.8 Å². The van der Waals surface area contributed by atoms with Crippen molar-refractivity contribution in [2.24, 2.45) is 0 Å². The van der Waals surface area contributed by atoms with Gasteiger partial charge in [-0.25, -0.2) is 18.3 Å². The van der Waals surface area contributed by atoms with Gasteiger partial charge in [-0.2, -0.15) is 10.4 Å². The van der Waals surface area contributed by atoms with Crippen LogP contribution in [0.2, 0.25) is 0 Å². The first-order valence-corrected chi connectivity index (χ1v) is 25.7. The monoisotopic (exact) mass is 1010 g/mol. The molecule has 74 heavy (non-hydrogen) atoms. The third kappa shape index (κ3) is 10.6. The average molecular weight is 1010 g/mol. The minimum atomic E-state index is -0.799. The van der Waals surface area contributed by atoms with Crippen molar-refractivity contribution in [3.63, 3.8) is 0 Å². The summed E-state index contributed by atoms with van der Waals surface area (Å²) in [5.74, 6) is -1.60. The summed E-state index contributed by atoms with van der Waals surface area (Å²) < 4.78 is 36.6. The van der Waals surface area contributed by atoms with Crippen molar-refractivity contribution in [3.8, 4) is 22.9 Å². The second-order valence-electron chi connectivity index (χ2n) is 19.9. The Labute approximate surface area is 427 Å². The fraction of sp³-hybridized carbons (Fsp3) is 0.444. The first kappa shape index (κ1) is 50.1. The summed E-state index contributed by atoms with van der Waals surface area (Å²) in [6.07, 6.45) is 8.72. The van der Waals surface area contributed by atoms with Crippen LogP contribution in [0.4, 0.5) is 20.3 Å². The first-order chi connectivity index (χ1) is 35.9. The number of carbonyl (C=O) groups is 5. The normalized spacial score (nSPS) is 19.4. The van der Waals surface area contributed by atoms with Gasteiger partial charge in [0.1, 0.15) is 35.3 Å². The smallest absolute Gasteiger partial charge is 0.255 e. The highest BCUT2D eigenvalue weighted by Gasteiger charge is 2.41. The lowest BCUT2D eigenvalue weighted by molar-refractivity contribution is -0.137. The third-order valence-corrected chi connectivity index (χ3v) is 15.3. The Balaban J connectivity index is 0.698. The van der Waals surface area contributed by atoms with Crippen molar-refractivity contribution < 1.29 is 37.5 Å². The van der Waals surface area contributed by atoms with Crippen LogP contribution in [0.1, 0.15) is 83.7 Å². The van der Waals surface area contributed by atoms with E-state index in [-0.39, 0.29) is 29.7 Å². The molecule has 4 fully saturated rings. The molecule has 4 saturated heterocycles. The highest BCUT2D eigenvalue weighted by molar-refractivity contribution is 6.05. The second kappa shape index (κ2) is 21.5. The van der Waals surface area contributed by atoms with E-state index < -0.39 is 35.0 Å². The zero-order valence-corrected chi connectivity index (χ0v) is 41.5. The number of anilines is 2. The average Bonchev–Trinajstić information content (AvgIpc) is 3.98. The standard InChI is InChI=1S/C54H60F2N12O6/c1-2-74-41-29-42(50-38(30-57)32-59-68(50)34-41)36-7-12-47(58-31-36)65-17-14-54(15-18-65,61-51(71)44-27-39(55)8-10-45(44)56)35-63-21-25-66(26-22-63)49(70)5-3-4-16-62-19-23-64(24-20-62)40-9-6-37-33-67(53(73)43(37)28-40)46-11-13-48(69)60-52(46)72/h6-10,12,27-29,31-32,34,46H,2-5,11,13-26,33,35H2,1H3,(H,61,71)(H,60,69,72). The quantitative estimate of drug-likeness (QED) is 0.109. The summed E-state index contributed by atoms with van der Waals surface area (Å²) in [5.41, 5.74) is 3.99. The van der Waals surface area contributed by atoms with E-state index in [1.54, 1.807) is 21.8 Å². The van der Waals surface area contributed by atoms with Crippen molar-refractivity contribution in [2.45, 2.75) is 70.0 Å². The SMILES string of the molecule is CCOc1cc(-c2ccc(N3CCC(CN4CCN(C(=O)CCCCN5CCN(c6ccc7c(c6)C(=O)N(C6CCC(=O)NC6=O)C7)CC5)CC4)(NC(=O)c4cc(F)ccc4F)CC3)nc2)c2c(C#N)cnn2c1. The number of nitrogens with one attached hydrogen (secondary N) is 2. The number of rotatable bonds is 15. The minimum Gasteiger partial charge on any atom is -0.492 e. The first-order valence-electron chi connectivity index (χ1n) is 25.7. The predicted molar refractivity (Wildman–Crippen MR) is 270 cm³/mol. The molecule has 5 aliphatic heterocycles. The van der Waals surface area contributed by atoms with Crippen LogP contribution in [-0.2, 0) is 20.9 Å². The van der Waals surface area contributed by atoms with Crippen molar-refractivity contribution >= 4 is 46.6 Å². The van der Waals surface area contributed by atoms with Gasteiger partial charge in [0.05, 0.1) is 41.2 Å². The number of nitrogens with zero attached hydrogens (tertiary/aromatic N) is 10. The highest BCUT2D eigenvalue weighted by atomic mass is 19.1. The fourth-order valence-corrected chi connectivity index (χ4v) is 11.2. The molecule has 1 atom stereocenters. The van der Waals surface area contributed by atoms with Crippen molar-refractivity contribution in [1.82, 2.24) is 44.8 Å². The van der Waals surface area contributed by atoms with Gasteiger partial charge in [-0.1, -0.05) is 6.07 Å². The lowest BCUT2D eigenvalue weighted by Gasteiger charge is -2.46. The summed E-state index contributed by atoms with van der Waals surface area (Å²) in [5, 5.41) is 19.7. The lowest BCUT2D eigenvalue weighted by atomic mass is 9.86. The number of aromatic nitrogens is 3. The Morgan fingerprint density at radius 3 is 2.39 bits per heavy atom. The van der Waals surface area contributed by atoms with E-state index in [1.165, 1.54) is 6.20 Å². The number of fused-ring (bicyclic) bond motifs is 2. The number of amides is 5. The zero-order chi connectivity index (χ0) is 51.5. The van der Waals surface area contributed by atoms with Gasteiger partial charge in [0.15, 0.2) is 0 Å². The van der Waals surface area contributed by atoms with Crippen LogP contribution in [0.5, 0.6) is 5.75 Å². The van der Waals surface area contributed by atoms with Crippen LogP contribution in [0.25, 0.3) is 16.6 Å². The zero-order valence-electron chi connectivity index (χ0n) is 41.5. The Kier molecular flexibility index (Phi) is 14.6. The van der Waals surface area contributed by atoms with Crippen molar-refractivity contribution in [2.75, 3.05) is 94.9 Å². The number of halogens is 2. The van der Waals surface area contributed by atoms with Gasteiger partial charge in [-0.15, -0.1) is 0 Å². The van der Waals surface area contributed by atoms with Crippen LogP contribution >= 0.6 is 0 Å². The molecule has 8 heterocycles. The number of pyridine rings is 2. The Morgan fingerprint density at radius 1 is 0.878 bits per heavy atom. The molecular weight excluding hydrogens is 951 g/mol. The maximum Gasteiger partial charge on any atom is 0.255 e. The Hall–Kier alpha value is -7.50. The molecule has 0 radical (unpaired) electrons. The molecule has 18 nitrogen and oxygen atoms in total. The van der Waals surface area contributed by atoms with Crippen LogP contribution in [0.3, 0.4) is 0 Å². The molecule has 0 bridgehead atoms. The van der Waals surface area contributed by atoms with Crippen molar-refractivity contribution in [1.29, 1.82) is 5.26 Å². The number of nitriles is 1. The van der Waals surface area contributed by atoms with E-state index in [0.29, 0.717) is 107 Å². The van der Waals surface area contributed by atoms with E-state index in [9.17, 15) is 38.0 Å². The molecule has 3 aromatic heterocycles. The molecule has 5 amide bonds. The van der Waals surface area contributed by atoms with E-state index in [0.717, 1.165) is 92.0 Å². The second-order valence-corrected chi connectivity index (χ2v) is 19.9. The summed E-state index contributed by atoms with van der Waals surface area (Å²) >= 11 is 0. The van der Waals surface area contributed by atoms with Crippen LogP contribution in [-0.4, -0.2) is 160 Å². The molecule has 0 saturated carbocycles. The summed E-state index contributed by atoms with van der Waals surface area (Å²) in [6, 6.07) is 16.2. The molecule has 1 unspecified atom stereocenters.